The second kappa shape index (κ2) is 7.79. The third-order valence-electron chi connectivity index (χ3n) is 3.82. The van der Waals surface area contributed by atoms with Crippen molar-refractivity contribution in [3.63, 3.8) is 0 Å². The molecule has 126 valence electrons. The molecule has 24 heavy (non-hydrogen) atoms. The van der Waals surface area contributed by atoms with Crippen molar-refractivity contribution in [3.05, 3.63) is 54.3 Å². The Morgan fingerprint density at radius 1 is 0.958 bits per heavy atom. The molecule has 0 aliphatic carbocycles. The molecule has 5 nitrogen and oxygen atoms in total. The van der Waals surface area contributed by atoms with E-state index in [0.29, 0.717) is 17.4 Å². The van der Waals surface area contributed by atoms with Gasteiger partial charge in [-0.15, -0.1) is 0 Å². The zero-order valence-electron chi connectivity index (χ0n) is 13.2. The number of halogens is 1. The highest BCUT2D eigenvalue weighted by Crippen LogP contribution is 2.18. The minimum absolute atomic E-state index is 0.392. The monoisotopic (exact) mass is 329 g/mol. The van der Waals surface area contributed by atoms with Gasteiger partial charge in [-0.1, -0.05) is 6.07 Å². The summed E-state index contributed by atoms with van der Waals surface area (Å²) in [5.74, 6) is -0.392. The molecule has 0 aromatic heterocycles. The number of benzene rings is 2. The molecule has 1 saturated heterocycles. The summed E-state index contributed by atoms with van der Waals surface area (Å²) in [5.41, 5.74) is 2.09. The predicted octanol–water partition coefficient (Wildman–Crippen LogP) is 4.06. The van der Waals surface area contributed by atoms with Gasteiger partial charge in [0.2, 0.25) is 0 Å². The van der Waals surface area contributed by atoms with E-state index in [1.54, 1.807) is 12.1 Å². The Morgan fingerprint density at radius 3 is 2.33 bits per heavy atom. The van der Waals surface area contributed by atoms with Crippen LogP contribution in [0.5, 0.6) is 0 Å². The van der Waals surface area contributed by atoms with E-state index >= 15 is 0 Å². The lowest BCUT2D eigenvalue weighted by atomic mass is 10.1. The summed E-state index contributed by atoms with van der Waals surface area (Å²) in [4.78, 5) is 11.9. The molecule has 1 aliphatic rings. The van der Waals surface area contributed by atoms with Gasteiger partial charge < -0.3 is 20.7 Å². The summed E-state index contributed by atoms with van der Waals surface area (Å²) < 4.78 is 18.4. The van der Waals surface area contributed by atoms with E-state index in [0.717, 1.165) is 31.7 Å². The van der Waals surface area contributed by atoms with Gasteiger partial charge in [-0.25, -0.2) is 9.18 Å². The lowest BCUT2D eigenvalue weighted by molar-refractivity contribution is 0.0904. The number of anilines is 3. The number of carbonyl (C=O) groups excluding carboxylic acids is 1. The van der Waals surface area contributed by atoms with Crippen LogP contribution in [-0.4, -0.2) is 25.3 Å². The second-order valence-electron chi connectivity index (χ2n) is 5.70. The van der Waals surface area contributed by atoms with Crippen molar-refractivity contribution in [2.24, 2.45) is 0 Å². The van der Waals surface area contributed by atoms with E-state index in [1.165, 1.54) is 12.1 Å². The van der Waals surface area contributed by atoms with Crippen molar-refractivity contribution < 1.29 is 13.9 Å². The maximum absolute atomic E-state index is 13.1. The fourth-order valence-electron chi connectivity index (χ4n) is 2.59. The van der Waals surface area contributed by atoms with Gasteiger partial charge in [-0.2, -0.15) is 0 Å². The molecule has 0 spiro atoms. The lowest BCUT2D eigenvalue weighted by Gasteiger charge is -2.24. The van der Waals surface area contributed by atoms with Crippen LogP contribution in [0.3, 0.4) is 0 Å². The van der Waals surface area contributed by atoms with E-state index in [2.05, 4.69) is 16.0 Å². The molecular weight excluding hydrogens is 309 g/mol. The number of nitrogens with one attached hydrogen (secondary N) is 3. The maximum Gasteiger partial charge on any atom is 0.323 e. The molecule has 2 amide bonds. The summed E-state index contributed by atoms with van der Waals surface area (Å²) in [7, 11) is 0. The Kier molecular flexibility index (Phi) is 5.28. The highest BCUT2D eigenvalue weighted by atomic mass is 19.1. The molecule has 1 aliphatic heterocycles. The van der Waals surface area contributed by atoms with Crippen LogP contribution in [0.25, 0.3) is 0 Å². The topological polar surface area (TPSA) is 62.4 Å². The zero-order valence-corrected chi connectivity index (χ0v) is 13.2. The van der Waals surface area contributed by atoms with E-state index in [1.807, 2.05) is 24.3 Å². The molecule has 2 aromatic rings. The smallest absolute Gasteiger partial charge is 0.323 e. The Balaban J connectivity index is 1.52. The van der Waals surface area contributed by atoms with Crippen molar-refractivity contribution >= 4 is 23.1 Å². The van der Waals surface area contributed by atoms with E-state index < -0.39 is 11.8 Å². The molecule has 1 fully saturated rings. The Morgan fingerprint density at radius 2 is 1.62 bits per heavy atom. The van der Waals surface area contributed by atoms with Crippen LogP contribution in [0.15, 0.2) is 48.5 Å². The number of hydrogen-bond donors (Lipinski definition) is 3. The van der Waals surface area contributed by atoms with Crippen molar-refractivity contribution in [2.75, 3.05) is 29.2 Å². The standard InChI is InChI=1S/C18H20FN3O2/c19-13-2-1-3-17(12-13)22-18(23)21-15-6-4-14(5-7-15)20-16-8-10-24-11-9-16/h1-7,12,16,20H,8-11H2,(H2,21,22,23). The SMILES string of the molecule is O=C(Nc1ccc(NC2CCOCC2)cc1)Nc1cccc(F)c1. The average Bonchev–Trinajstić information content (AvgIpc) is 2.57. The van der Waals surface area contributed by atoms with Crippen LogP contribution in [0.1, 0.15) is 12.8 Å². The highest BCUT2D eigenvalue weighted by Gasteiger charge is 2.13. The summed E-state index contributed by atoms with van der Waals surface area (Å²) in [5, 5.41) is 8.77. The van der Waals surface area contributed by atoms with Gasteiger partial charge >= 0.3 is 6.03 Å². The first-order valence-electron chi connectivity index (χ1n) is 7.97. The first kappa shape index (κ1) is 16.3. The van der Waals surface area contributed by atoms with E-state index in [-0.39, 0.29) is 0 Å². The first-order chi connectivity index (χ1) is 11.7. The average molecular weight is 329 g/mol. The molecule has 1 heterocycles. The summed E-state index contributed by atoms with van der Waals surface area (Å²) in [6.45, 7) is 1.58. The molecule has 3 N–H and O–H groups in total. The predicted molar refractivity (Wildman–Crippen MR) is 92.9 cm³/mol. The van der Waals surface area contributed by atoms with E-state index in [9.17, 15) is 9.18 Å². The number of rotatable bonds is 4. The van der Waals surface area contributed by atoms with Gasteiger partial charge in [0.05, 0.1) is 0 Å². The normalized spacial score (nSPS) is 14.9. The van der Waals surface area contributed by atoms with Gasteiger partial charge in [0.1, 0.15) is 5.82 Å². The molecule has 3 rings (SSSR count). The molecule has 2 aromatic carbocycles. The minimum atomic E-state index is -0.411. The molecule has 0 saturated carbocycles. The molecular formula is C18H20FN3O2. The largest absolute Gasteiger partial charge is 0.382 e. The van der Waals surface area contributed by atoms with Gasteiger partial charge in [0.15, 0.2) is 0 Å². The number of hydrogen-bond acceptors (Lipinski definition) is 3. The van der Waals surface area contributed by atoms with Gasteiger partial charge in [0, 0.05) is 36.3 Å². The third kappa shape index (κ3) is 4.70. The minimum Gasteiger partial charge on any atom is -0.382 e. The van der Waals surface area contributed by atoms with Crippen molar-refractivity contribution in [1.82, 2.24) is 0 Å². The first-order valence-corrected chi connectivity index (χ1v) is 7.97. The highest BCUT2D eigenvalue weighted by molar-refractivity contribution is 5.99. The quantitative estimate of drug-likeness (QED) is 0.792. The zero-order chi connectivity index (χ0) is 16.8. The van der Waals surface area contributed by atoms with Crippen molar-refractivity contribution in [2.45, 2.75) is 18.9 Å². The van der Waals surface area contributed by atoms with Crippen LogP contribution >= 0.6 is 0 Å². The lowest BCUT2D eigenvalue weighted by Crippen LogP contribution is -2.27. The van der Waals surface area contributed by atoms with Crippen LogP contribution in [0.2, 0.25) is 0 Å². The number of amides is 2. The number of urea groups is 1. The number of ether oxygens (including phenoxy) is 1. The summed E-state index contributed by atoms with van der Waals surface area (Å²) in [6.07, 6.45) is 1.99. The van der Waals surface area contributed by atoms with Gasteiger partial charge in [0.25, 0.3) is 0 Å². The van der Waals surface area contributed by atoms with Crippen molar-refractivity contribution in [1.29, 1.82) is 0 Å². The number of carbonyl (C=O) groups is 1. The van der Waals surface area contributed by atoms with Crippen LogP contribution in [0, 0.1) is 5.82 Å². The van der Waals surface area contributed by atoms with Crippen LogP contribution in [0.4, 0.5) is 26.2 Å². The summed E-state index contributed by atoms with van der Waals surface area (Å²) in [6, 6.07) is 13.3. The van der Waals surface area contributed by atoms with Crippen LogP contribution < -0.4 is 16.0 Å². The second-order valence-corrected chi connectivity index (χ2v) is 5.70. The summed E-state index contributed by atoms with van der Waals surface area (Å²) >= 11 is 0. The van der Waals surface area contributed by atoms with Crippen LogP contribution in [-0.2, 0) is 4.74 Å². The fraction of sp³-hybridized carbons (Fsp3) is 0.278. The molecule has 0 atom stereocenters. The Labute approximate surface area is 140 Å². The van der Waals surface area contributed by atoms with Gasteiger partial charge in [-0.05, 0) is 55.3 Å². The Hall–Kier alpha value is -2.60. The van der Waals surface area contributed by atoms with Crippen molar-refractivity contribution in [3.8, 4) is 0 Å². The van der Waals surface area contributed by atoms with E-state index in [4.69, 9.17) is 4.74 Å². The molecule has 6 heteroatoms. The van der Waals surface area contributed by atoms with Gasteiger partial charge in [-0.3, -0.25) is 0 Å². The maximum atomic E-state index is 13.1. The molecule has 0 unspecified atom stereocenters. The third-order valence-corrected chi connectivity index (χ3v) is 3.82. The Bertz CT molecular complexity index is 685. The molecule has 0 radical (unpaired) electrons. The molecule has 0 bridgehead atoms. The fourth-order valence-corrected chi connectivity index (χ4v) is 2.59.